The van der Waals surface area contributed by atoms with Crippen LogP contribution in [0.2, 0.25) is 10.0 Å². The Hall–Kier alpha value is -2.36. The number of hydrogen-bond acceptors (Lipinski definition) is 2. The third-order valence-corrected chi connectivity index (χ3v) is 4.26. The van der Waals surface area contributed by atoms with Crippen LogP contribution in [0.5, 0.6) is 0 Å². The summed E-state index contributed by atoms with van der Waals surface area (Å²) in [6.45, 7) is 0.414. The minimum Gasteiger partial charge on any atom is -0.288 e. The van der Waals surface area contributed by atoms with E-state index in [0.717, 1.165) is 5.56 Å². The molecule has 5 heteroatoms. The molecule has 24 heavy (non-hydrogen) atoms. The molecule has 0 fully saturated rings. The Morgan fingerprint density at radius 2 is 1.67 bits per heavy atom. The molecule has 3 rings (SSSR count). The first-order chi connectivity index (χ1) is 11.6. The van der Waals surface area contributed by atoms with Gasteiger partial charge in [0.2, 0.25) is 0 Å². The van der Waals surface area contributed by atoms with Gasteiger partial charge in [-0.1, -0.05) is 59.6 Å². The van der Waals surface area contributed by atoms with Crippen molar-refractivity contribution in [1.29, 1.82) is 0 Å². The highest BCUT2D eigenvalue weighted by atomic mass is 35.5. The van der Waals surface area contributed by atoms with Gasteiger partial charge in [0.25, 0.3) is 5.91 Å². The van der Waals surface area contributed by atoms with Crippen LogP contribution in [0.15, 0.2) is 72.9 Å². The minimum atomic E-state index is -0.184. The smallest absolute Gasteiger partial charge is 0.259 e. The van der Waals surface area contributed by atoms with Crippen LogP contribution in [0.3, 0.4) is 0 Å². The quantitative estimate of drug-likeness (QED) is 0.640. The van der Waals surface area contributed by atoms with Crippen molar-refractivity contribution in [3.05, 3.63) is 94.1 Å². The number of hydrogen-bond donors (Lipinski definition) is 0. The molecule has 0 saturated heterocycles. The Morgan fingerprint density at radius 3 is 2.33 bits per heavy atom. The molecule has 3 aromatic rings. The van der Waals surface area contributed by atoms with Gasteiger partial charge in [0.05, 0.1) is 16.6 Å². The van der Waals surface area contributed by atoms with E-state index in [4.69, 9.17) is 23.2 Å². The lowest BCUT2D eigenvalue weighted by Crippen LogP contribution is -2.31. The van der Waals surface area contributed by atoms with Gasteiger partial charge in [0.1, 0.15) is 5.82 Å². The van der Waals surface area contributed by atoms with Gasteiger partial charge < -0.3 is 0 Å². The fraction of sp³-hybridized carbons (Fsp3) is 0.0526. The molecule has 1 heterocycles. The van der Waals surface area contributed by atoms with Crippen molar-refractivity contribution in [2.75, 3.05) is 4.90 Å². The Kier molecular flexibility index (Phi) is 5.14. The second kappa shape index (κ2) is 7.47. The molecule has 1 amide bonds. The average Bonchev–Trinajstić information content (AvgIpc) is 2.63. The Morgan fingerprint density at radius 1 is 0.917 bits per heavy atom. The number of nitrogens with zero attached hydrogens (tertiary/aromatic N) is 2. The molecule has 0 atom stereocenters. The number of pyridine rings is 1. The van der Waals surface area contributed by atoms with E-state index in [1.807, 2.05) is 42.5 Å². The maximum absolute atomic E-state index is 13.0. The number of benzene rings is 2. The molecule has 0 saturated carbocycles. The van der Waals surface area contributed by atoms with E-state index in [2.05, 4.69) is 4.98 Å². The summed E-state index contributed by atoms with van der Waals surface area (Å²) in [6, 6.07) is 20.1. The number of rotatable bonds is 4. The van der Waals surface area contributed by atoms with E-state index in [1.165, 1.54) is 0 Å². The molecular formula is C19H14Cl2N2O. The lowest BCUT2D eigenvalue weighted by Gasteiger charge is -2.22. The SMILES string of the molecule is O=C(c1ccc(Cl)c(Cl)c1)N(Cc1ccccc1)c1ccccn1. The highest BCUT2D eigenvalue weighted by Crippen LogP contribution is 2.25. The molecule has 0 N–H and O–H groups in total. The standard InChI is InChI=1S/C19H14Cl2N2O/c20-16-10-9-15(12-17(16)21)19(24)23(18-8-4-5-11-22-18)13-14-6-2-1-3-7-14/h1-12H,13H2. The molecule has 120 valence electrons. The molecular weight excluding hydrogens is 343 g/mol. The first-order valence-corrected chi connectivity index (χ1v) is 8.12. The number of anilines is 1. The van der Waals surface area contributed by atoms with Crippen LogP contribution in [-0.4, -0.2) is 10.9 Å². The van der Waals surface area contributed by atoms with Crippen LogP contribution < -0.4 is 4.90 Å². The van der Waals surface area contributed by atoms with E-state index in [-0.39, 0.29) is 5.91 Å². The monoisotopic (exact) mass is 356 g/mol. The Bertz CT molecular complexity index is 839. The first-order valence-electron chi connectivity index (χ1n) is 7.37. The predicted octanol–water partition coefficient (Wildman–Crippen LogP) is 5.24. The molecule has 0 aliphatic heterocycles. The minimum absolute atomic E-state index is 0.184. The normalized spacial score (nSPS) is 10.4. The highest BCUT2D eigenvalue weighted by molar-refractivity contribution is 6.42. The summed E-state index contributed by atoms with van der Waals surface area (Å²) < 4.78 is 0. The van der Waals surface area contributed by atoms with Gasteiger partial charge >= 0.3 is 0 Å². The lowest BCUT2D eigenvalue weighted by molar-refractivity contribution is 0.0984. The van der Waals surface area contributed by atoms with Crippen molar-refractivity contribution in [1.82, 2.24) is 4.98 Å². The van der Waals surface area contributed by atoms with Crippen LogP contribution >= 0.6 is 23.2 Å². The van der Waals surface area contributed by atoms with E-state index in [0.29, 0.717) is 28.0 Å². The number of carbonyl (C=O) groups is 1. The van der Waals surface area contributed by atoms with Crippen LogP contribution in [0.4, 0.5) is 5.82 Å². The van der Waals surface area contributed by atoms with Crippen molar-refractivity contribution in [2.24, 2.45) is 0 Å². The van der Waals surface area contributed by atoms with E-state index in [9.17, 15) is 4.79 Å². The zero-order valence-electron chi connectivity index (χ0n) is 12.7. The molecule has 2 aromatic carbocycles. The van der Waals surface area contributed by atoms with Crippen LogP contribution in [0.1, 0.15) is 15.9 Å². The molecule has 1 aromatic heterocycles. The van der Waals surface area contributed by atoms with Gasteiger partial charge in [-0.3, -0.25) is 9.69 Å². The summed E-state index contributed by atoms with van der Waals surface area (Å²) >= 11 is 12.0. The van der Waals surface area contributed by atoms with Gasteiger partial charge in [-0.15, -0.1) is 0 Å². The topological polar surface area (TPSA) is 33.2 Å². The fourth-order valence-corrected chi connectivity index (χ4v) is 2.62. The fourth-order valence-electron chi connectivity index (χ4n) is 2.32. The molecule has 0 bridgehead atoms. The van der Waals surface area contributed by atoms with E-state index in [1.54, 1.807) is 35.4 Å². The summed E-state index contributed by atoms with van der Waals surface area (Å²) in [5, 5.41) is 0.767. The zero-order chi connectivity index (χ0) is 16.9. The zero-order valence-corrected chi connectivity index (χ0v) is 14.2. The van der Waals surface area contributed by atoms with Gasteiger partial charge in [-0.05, 0) is 35.9 Å². The van der Waals surface area contributed by atoms with Gasteiger partial charge in [-0.2, -0.15) is 0 Å². The molecule has 0 aliphatic carbocycles. The predicted molar refractivity (Wildman–Crippen MR) is 97.7 cm³/mol. The number of carbonyl (C=O) groups excluding carboxylic acids is 1. The van der Waals surface area contributed by atoms with Crippen molar-refractivity contribution in [2.45, 2.75) is 6.54 Å². The molecule has 3 nitrogen and oxygen atoms in total. The Labute approximate surface area is 150 Å². The molecule has 0 aliphatic rings. The van der Waals surface area contributed by atoms with Crippen LogP contribution in [-0.2, 0) is 6.54 Å². The summed E-state index contributed by atoms with van der Waals surface area (Å²) in [5.41, 5.74) is 1.47. The van der Waals surface area contributed by atoms with E-state index >= 15 is 0 Å². The summed E-state index contributed by atoms with van der Waals surface area (Å²) in [7, 11) is 0. The van der Waals surface area contributed by atoms with E-state index < -0.39 is 0 Å². The van der Waals surface area contributed by atoms with Crippen molar-refractivity contribution >= 4 is 34.9 Å². The molecule has 0 radical (unpaired) electrons. The van der Waals surface area contributed by atoms with Crippen molar-refractivity contribution in [3.63, 3.8) is 0 Å². The van der Waals surface area contributed by atoms with Crippen LogP contribution in [0.25, 0.3) is 0 Å². The summed E-state index contributed by atoms with van der Waals surface area (Å²) in [4.78, 5) is 18.9. The third-order valence-electron chi connectivity index (χ3n) is 3.52. The second-order valence-electron chi connectivity index (χ2n) is 5.19. The van der Waals surface area contributed by atoms with Crippen molar-refractivity contribution < 1.29 is 4.79 Å². The van der Waals surface area contributed by atoms with Gasteiger partial charge in [0, 0.05) is 11.8 Å². The number of amides is 1. The summed E-state index contributed by atoms with van der Waals surface area (Å²) in [5.74, 6) is 0.397. The maximum atomic E-state index is 13.0. The molecule has 0 spiro atoms. The number of halogens is 2. The third kappa shape index (κ3) is 3.75. The Balaban J connectivity index is 1.97. The average molecular weight is 357 g/mol. The maximum Gasteiger partial charge on any atom is 0.259 e. The van der Waals surface area contributed by atoms with Crippen LogP contribution in [0, 0.1) is 0 Å². The van der Waals surface area contributed by atoms with Crippen molar-refractivity contribution in [3.8, 4) is 0 Å². The number of aromatic nitrogens is 1. The van der Waals surface area contributed by atoms with Gasteiger partial charge in [-0.25, -0.2) is 4.98 Å². The molecule has 0 unspecified atom stereocenters. The summed E-state index contributed by atoms with van der Waals surface area (Å²) in [6.07, 6.45) is 1.66. The largest absolute Gasteiger partial charge is 0.288 e. The first kappa shape index (κ1) is 16.5. The lowest BCUT2D eigenvalue weighted by atomic mass is 10.1. The van der Waals surface area contributed by atoms with Gasteiger partial charge in [0.15, 0.2) is 0 Å². The highest BCUT2D eigenvalue weighted by Gasteiger charge is 2.19. The second-order valence-corrected chi connectivity index (χ2v) is 6.01.